The molecule has 0 atom stereocenters. The summed E-state index contributed by atoms with van der Waals surface area (Å²) in [6, 6.07) is 0. The van der Waals surface area contributed by atoms with Gasteiger partial charge in [0.2, 0.25) is 0 Å². The molecular formula is H8BaO8P2. The van der Waals surface area contributed by atoms with Gasteiger partial charge in [0.15, 0.2) is 0 Å². The molecular weight excluding hydrogens is 327 g/mol. The molecule has 0 amide bonds. The van der Waals surface area contributed by atoms with Crippen molar-refractivity contribution in [3.8, 4) is 0 Å². The molecule has 0 saturated heterocycles. The van der Waals surface area contributed by atoms with Crippen LogP contribution in [0.5, 0.6) is 0 Å². The second-order valence-electron chi connectivity index (χ2n) is 1.03. The molecule has 6 N–H and O–H groups in total. The van der Waals surface area contributed by atoms with Crippen molar-refractivity contribution >= 4 is 64.5 Å². The fourth-order valence-corrected chi connectivity index (χ4v) is 0. The van der Waals surface area contributed by atoms with Gasteiger partial charge in [0.05, 0.1) is 0 Å². The summed E-state index contributed by atoms with van der Waals surface area (Å²) in [4.78, 5) is 43.1. The molecule has 0 rings (SSSR count). The van der Waals surface area contributed by atoms with E-state index in [0.717, 1.165) is 0 Å². The molecule has 0 aromatic rings. The van der Waals surface area contributed by atoms with Crippen molar-refractivity contribution in [2.75, 3.05) is 0 Å². The number of rotatable bonds is 0. The number of hydrogen-bond donors (Lipinski definition) is 6. The van der Waals surface area contributed by atoms with Crippen molar-refractivity contribution in [2.24, 2.45) is 0 Å². The van der Waals surface area contributed by atoms with Gasteiger partial charge in [0.1, 0.15) is 0 Å². The molecule has 0 aliphatic heterocycles. The zero-order valence-corrected chi connectivity index (χ0v) is 6.18. The molecule has 0 spiro atoms. The van der Waals surface area contributed by atoms with Crippen LogP contribution in [0.3, 0.4) is 0 Å². The van der Waals surface area contributed by atoms with Crippen molar-refractivity contribution in [2.45, 2.75) is 0 Å². The molecule has 0 aliphatic rings. The molecule has 11 heteroatoms. The van der Waals surface area contributed by atoms with Crippen LogP contribution in [0.4, 0.5) is 0 Å². The summed E-state index contributed by atoms with van der Waals surface area (Å²) in [5, 5.41) is 0. The predicted octanol–water partition coefficient (Wildman–Crippen LogP) is -2.77. The van der Waals surface area contributed by atoms with Gasteiger partial charge >= 0.3 is 64.5 Å². The molecule has 68 valence electrons. The summed E-state index contributed by atoms with van der Waals surface area (Å²) in [6.07, 6.45) is 0. The Balaban J connectivity index is -0.000000107. The fraction of sp³-hybridized carbons (Fsp3) is 0. The van der Waals surface area contributed by atoms with Gasteiger partial charge in [-0.05, 0) is 0 Å². The minimum atomic E-state index is -4.64. The van der Waals surface area contributed by atoms with Crippen LogP contribution < -0.4 is 0 Å². The SMILES string of the molecule is O=P(O)(O)O.O=P(O)(O)O.[BaH2]. The first kappa shape index (κ1) is 18.6. The van der Waals surface area contributed by atoms with Crippen LogP contribution >= 0.6 is 15.6 Å². The van der Waals surface area contributed by atoms with E-state index in [2.05, 4.69) is 0 Å². The second kappa shape index (κ2) is 7.22. The van der Waals surface area contributed by atoms with Crippen LogP contribution in [0.2, 0.25) is 0 Å². The monoisotopic (exact) mass is 336 g/mol. The van der Waals surface area contributed by atoms with Crippen molar-refractivity contribution < 1.29 is 38.5 Å². The Kier molecular flexibility index (Phi) is 12.2. The molecule has 11 heavy (non-hydrogen) atoms. The molecule has 0 aromatic heterocycles. The first-order valence-corrected chi connectivity index (χ1v) is 4.70. The van der Waals surface area contributed by atoms with Gasteiger partial charge in [-0.25, -0.2) is 9.13 Å². The van der Waals surface area contributed by atoms with Gasteiger partial charge in [-0.15, -0.1) is 0 Å². The van der Waals surface area contributed by atoms with Gasteiger partial charge in [0, 0.05) is 0 Å². The van der Waals surface area contributed by atoms with E-state index in [9.17, 15) is 0 Å². The van der Waals surface area contributed by atoms with E-state index < -0.39 is 15.6 Å². The molecule has 0 unspecified atom stereocenters. The van der Waals surface area contributed by atoms with Crippen LogP contribution in [0.15, 0.2) is 0 Å². The quantitative estimate of drug-likeness (QED) is 0.205. The zero-order chi connectivity index (χ0) is 9.00. The Hall–Kier alpha value is 1.79. The second-order valence-corrected chi connectivity index (χ2v) is 3.08. The maximum atomic E-state index is 8.88. The molecule has 0 saturated carbocycles. The molecule has 0 bridgehead atoms. The third-order valence-electron chi connectivity index (χ3n) is 0. The summed E-state index contributed by atoms with van der Waals surface area (Å²) in [5.74, 6) is 0. The van der Waals surface area contributed by atoms with E-state index >= 15 is 0 Å². The molecule has 8 nitrogen and oxygen atoms in total. The normalized spacial score (nSPS) is 10.7. The van der Waals surface area contributed by atoms with E-state index in [1.54, 1.807) is 0 Å². The first-order chi connectivity index (χ1) is 4.00. The molecule has 0 aromatic carbocycles. The Morgan fingerprint density at radius 2 is 0.636 bits per heavy atom. The Morgan fingerprint density at radius 3 is 0.636 bits per heavy atom. The summed E-state index contributed by atoms with van der Waals surface area (Å²) in [6.45, 7) is 0. The minimum absolute atomic E-state index is 0. The molecule has 0 heterocycles. The Labute approximate surface area is 102 Å². The van der Waals surface area contributed by atoms with Gasteiger partial charge in [-0.1, -0.05) is 0 Å². The van der Waals surface area contributed by atoms with Crippen molar-refractivity contribution in [3.63, 3.8) is 0 Å². The molecule has 0 fully saturated rings. The van der Waals surface area contributed by atoms with Crippen LogP contribution in [-0.2, 0) is 9.13 Å². The van der Waals surface area contributed by atoms with Crippen molar-refractivity contribution in [1.29, 1.82) is 0 Å². The van der Waals surface area contributed by atoms with Crippen LogP contribution in [0.25, 0.3) is 0 Å². The topological polar surface area (TPSA) is 156 Å². The van der Waals surface area contributed by atoms with E-state index in [1.807, 2.05) is 0 Å². The third kappa shape index (κ3) is 352. The van der Waals surface area contributed by atoms with Gasteiger partial charge < -0.3 is 29.4 Å². The average Bonchev–Trinajstić information content (AvgIpc) is 1.12. The first-order valence-electron chi connectivity index (χ1n) is 1.57. The third-order valence-corrected chi connectivity index (χ3v) is 0. The summed E-state index contributed by atoms with van der Waals surface area (Å²) >= 11 is 0. The Bertz CT molecular complexity index is 124. The molecule has 0 radical (unpaired) electrons. The van der Waals surface area contributed by atoms with Crippen molar-refractivity contribution in [3.05, 3.63) is 0 Å². The maximum absolute atomic E-state index is 8.88. The van der Waals surface area contributed by atoms with E-state index in [0.29, 0.717) is 0 Å². The molecule has 0 aliphatic carbocycles. The van der Waals surface area contributed by atoms with Gasteiger partial charge in [-0.2, -0.15) is 0 Å². The van der Waals surface area contributed by atoms with Crippen LogP contribution in [0, 0.1) is 0 Å². The number of hydrogen-bond acceptors (Lipinski definition) is 2. The van der Waals surface area contributed by atoms with E-state index in [-0.39, 0.29) is 48.9 Å². The summed E-state index contributed by atoms with van der Waals surface area (Å²) in [7, 11) is -9.28. The van der Waals surface area contributed by atoms with Gasteiger partial charge in [-0.3, -0.25) is 0 Å². The van der Waals surface area contributed by atoms with Crippen molar-refractivity contribution in [1.82, 2.24) is 0 Å². The standard InChI is InChI=1S/Ba.2H3O4P.2H/c;2*1-5(2,3)4;;/h;2*(H3,1,2,3,4);;. The zero-order valence-electron chi connectivity index (χ0n) is 4.39. The predicted molar refractivity (Wildman–Crippen MR) is 37.1 cm³/mol. The number of phosphoric acid groups is 2. The summed E-state index contributed by atoms with van der Waals surface area (Å²) < 4.78 is 17.8. The van der Waals surface area contributed by atoms with Gasteiger partial charge in [0.25, 0.3) is 0 Å². The van der Waals surface area contributed by atoms with E-state index in [1.165, 1.54) is 0 Å². The summed E-state index contributed by atoms with van der Waals surface area (Å²) in [5.41, 5.74) is 0. The average molecular weight is 335 g/mol. The van der Waals surface area contributed by atoms with Crippen LogP contribution in [-0.4, -0.2) is 78.2 Å². The Morgan fingerprint density at radius 1 is 0.636 bits per heavy atom. The van der Waals surface area contributed by atoms with Crippen LogP contribution in [0.1, 0.15) is 0 Å². The fourth-order valence-electron chi connectivity index (χ4n) is 0. The van der Waals surface area contributed by atoms with E-state index in [4.69, 9.17) is 38.5 Å².